The first-order valence-corrected chi connectivity index (χ1v) is 7.75. The number of nitrogens with zero attached hydrogens (tertiary/aromatic N) is 2. The van der Waals surface area contributed by atoms with Crippen LogP contribution < -0.4 is 15.8 Å². The van der Waals surface area contributed by atoms with Crippen LogP contribution in [-0.2, 0) is 0 Å². The molecule has 0 aliphatic heterocycles. The Morgan fingerprint density at radius 1 is 1.35 bits per heavy atom. The smallest absolute Gasteiger partial charge is 0.218 e. The van der Waals surface area contributed by atoms with Crippen LogP contribution in [0, 0.1) is 5.92 Å². The van der Waals surface area contributed by atoms with Crippen molar-refractivity contribution in [2.45, 2.75) is 51.5 Å². The van der Waals surface area contributed by atoms with Crippen LogP contribution in [0.3, 0.4) is 0 Å². The molecule has 0 radical (unpaired) electrons. The number of ether oxygens (including phenoxy) is 1. The van der Waals surface area contributed by atoms with E-state index in [0.29, 0.717) is 31.0 Å². The van der Waals surface area contributed by atoms with Gasteiger partial charge in [-0.25, -0.2) is 9.97 Å². The molecule has 112 valence electrons. The number of anilines is 1. The molecule has 1 aromatic rings. The Bertz CT molecular complexity index is 393. The molecule has 0 aromatic carbocycles. The van der Waals surface area contributed by atoms with Crippen LogP contribution in [-0.4, -0.2) is 29.2 Å². The molecule has 1 aliphatic carbocycles. The minimum Gasteiger partial charge on any atom is -0.478 e. The third kappa shape index (κ3) is 4.34. The lowest BCUT2D eigenvalue weighted by atomic mass is 9.84. The lowest BCUT2D eigenvalue weighted by Gasteiger charge is -2.30. The fraction of sp³-hybridized carbons (Fsp3) is 0.733. The van der Waals surface area contributed by atoms with E-state index in [4.69, 9.17) is 10.5 Å². The summed E-state index contributed by atoms with van der Waals surface area (Å²) in [7, 11) is 0. The van der Waals surface area contributed by atoms with Gasteiger partial charge in [0.15, 0.2) is 0 Å². The second-order valence-corrected chi connectivity index (χ2v) is 5.47. The predicted octanol–water partition coefficient (Wildman–Crippen LogP) is 2.58. The number of hydrogen-bond acceptors (Lipinski definition) is 5. The number of nitrogens with one attached hydrogen (secondary N) is 1. The molecule has 1 heterocycles. The number of rotatable bonds is 7. The summed E-state index contributed by atoms with van der Waals surface area (Å²) in [6.45, 7) is 3.40. The molecule has 5 nitrogen and oxygen atoms in total. The third-order valence-electron chi connectivity index (χ3n) is 3.90. The van der Waals surface area contributed by atoms with Gasteiger partial charge >= 0.3 is 0 Å². The van der Waals surface area contributed by atoms with Crippen molar-refractivity contribution in [2.75, 3.05) is 18.5 Å². The number of hydrogen-bond donors (Lipinski definition) is 2. The Labute approximate surface area is 121 Å². The van der Waals surface area contributed by atoms with Gasteiger partial charge in [0.2, 0.25) is 5.88 Å². The van der Waals surface area contributed by atoms with Crippen LogP contribution in [0.1, 0.15) is 45.4 Å². The molecule has 1 saturated carbocycles. The first-order valence-electron chi connectivity index (χ1n) is 7.75. The van der Waals surface area contributed by atoms with Crippen molar-refractivity contribution >= 4 is 5.82 Å². The Balaban J connectivity index is 1.95. The average Bonchev–Trinajstić information content (AvgIpc) is 2.52. The van der Waals surface area contributed by atoms with Gasteiger partial charge in [-0.3, -0.25) is 0 Å². The predicted molar refractivity (Wildman–Crippen MR) is 80.9 cm³/mol. The fourth-order valence-corrected chi connectivity index (χ4v) is 2.80. The van der Waals surface area contributed by atoms with E-state index in [0.717, 1.165) is 12.2 Å². The molecule has 0 amide bonds. The Morgan fingerprint density at radius 3 is 2.85 bits per heavy atom. The van der Waals surface area contributed by atoms with Gasteiger partial charge < -0.3 is 15.8 Å². The van der Waals surface area contributed by atoms with E-state index in [1.54, 1.807) is 6.33 Å². The maximum atomic E-state index is 5.93. The van der Waals surface area contributed by atoms with Crippen LogP contribution >= 0.6 is 0 Å². The van der Waals surface area contributed by atoms with Crippen molar-refractivity contribution < 1.29 is 4.74 Å². The molecule has 1 atom stereocenters. The summed E-state index contributed by atoms with van der Waals surface area (Å²) < 4.78 is 5.53. The Kier molecular flexibility index (Phi) is 6.05. The molecule has 0 spiro atoms. The van der Waals surface area contributed by atoms with Gasteiger partial charge in [-0.1, -0.05) is 26.2 Å². The van der Waals surface area contributed by atoms with E-state index in [1.165, 1.54) is 32.1 Å². The van der Waals surface area contributed by atoms with Gasteiger partial charge in [-0.15, -0.1) is 0 Å². The van der Waals surface area contributed by atoms with Crippen molar-refractivity contribution in [3.8, 4) is 5.88 Å². The first kappa shape index (κ1) is 15.0. The lowest BCUT2D eigenvalue weighted by molar-refractivity contribution is 0.304. The molecule has 0 saturated heterocycles. The first-order chi connectivity index (χ1) is 9.83. The highest BCUT2D eigenvalue weighted by Gasteiger charge is 2.22. The molecule has 1 aromatic heterocycles. The highest BCUT2D eigenvalue weighted by Crippen LogP contribution is 2.27. The summed E-state index contributed by atoms with van der Waals surface area (Å²) in [4.78, 5) is 8.39. The summed E-state index contributed by atoms with van der Waals surface area (Å²) >= 11 is 0. The summed E-state index contributed by atoms with van der Waals surface area (Å²) in [6.07, 6.45) is 9.03. The Morgan fingerprint density at radius 2 is 2.15 bits per heavy atom. The summed E-state index contributed by atoms with van der Waals surface area (Å²) in [5.41, 5.74) is 5.93. The molecule has 0 bridgehead atoms. The van der Waals surface area contributed by atoms with Crippen LogP contribution in [0.25, 0.3) is 0 Å². The summed E-state index contributed by atoms with van der Waals surface area (Å²) in [5.74, 6) is 2.10. The molecule has 1 fully saturated rings. The van der Waals surface area contributed by atoms with Gasteiger partial charge in [0.25, 0.3) is 0 Å². The van der Waals surface area contributed by atoms with Gasteiger partial charge in [-0.05, 0) is 25.2 Å². The van der Waals surface area contributed by atoms with Crippen molar-refractivity contribution in [1.82, 2.24) is 9.97 Å². The maximum Gasteiger partial charge on any atom is 0.218 e. The van der Waals surface area contributed by atoms with Crippen molar-refractivity contribution in [1.29, 1.82) is 0 Å². The highest BCUT2D eigenvalue weighted by molar-refractivity contribution is 5.38. The molecule has 1 unspecified atom stereocenters. The van der Waals surface area contributed by atoms with Crippen LogP contribution in [0.4, 0.5) is 5.82 Å². The minimum absolute atomic E-state index is 0.296. The quantitative estimate of drug-likeness (QED) is 0.802. The zero-order valence-electron chi connectivity index (χ0n) is 12.3. The number of nitrogens with two attached hydrogens (primary N) is 1. The monoisotopic (exact) mass is 278 g/mol. The van der Waals surface area contributed by atoms with Crippen molar-refractivity contribution in [2.24, 2.45) is 11.7 Å². The van der Waals surface area contributed by atoms with E-state index in [1.807, 2.05) is 6.07 Å². The maximum absolute atomic E-state index is 5.93. The van der Waals surface area contributed by atoms with E-state index >= 15 is 0 Å². The van der Waals surface area contributed by atoms with Gasteiger partial charge in [-0.2, -0.15) is 0 Å². The molecule has 1 aliphatic rings. The van der Waals surface area contributed by atoms with E-state index in [-0.39, 0.29) is 0 Å². The van der Waals surface area contributed by atoms with Crippen molar-refractivity contribution in [3.05, 3.63) is 12.4 Å². The zero-order chi connectivity index (χ0) is 14.2. The van der Waals surface area contributed by atoms with Gasteiger partial charge in [0.1, 0.15) is 12.1 Å². The van der Waals surface area contributed by atoms with E-state index < -0.39 is 0 Å². The van der Waals surface area contributed by atoms with Crippen LogP contribution in [0.2, 0.25) is 0 Å². The highest BCUT2D eigenvalue weighted by atomic mass is 16.5. The standard InChI is InChI=1S/C15H26N4O/c1-2-8-20-15-9-14(17-11-18-15)19-13(10-16)12-6-4-3-5-7-12/h9,11-13H,2-8,10,16H2,1H3,(H,17,18,19). The fourth-order valence-electron chi connectivity index (χ4n) is 2.80. The zero-order valence-corrected chi connectivity index (χ0v) is 12.3. The molecule has 20 heavy (non-hydrogen) atoms. The normalized spacial score (nSPS) is 17.7. The molecule has 2 rings (SSSR count). The number of aromatic nitrogens is 2. The van der Waals surface area contributed by atoms with Crippen molar-refractivity contribution in [3.63, 3.8) is 0 Å². The molecule has 3 N–H and O–H groups in total. The van der Waals surface area contributed by atoms with Gasteiger partial charge in [0.05, 0.1) is 6.61 Å². The molecular weight excluding hydrogens is 252 g/mol. The van der Waals surface area contributed by atoms with Crippen LogP contribution in [0.5, 0.6) is 5.88 Å². The largest absolute Gasteiger partial charge is 0.478 e. The minimum atomic E-state index is 0.296. The second-order valence-electron chi connectivity index (χ2n) is 5.47. The summed E-state index contributed by atoms with van der Waals surface area (Å²) in [5, 5.41) is 3.46. The SMILES string of the molecule is CCCOc1cc(NC(CN)C2CCCCC2)ncn1. The summed E-state index contributed by atoms with van der Waals surface area (Å²) in [6, 6.07) is 2.16. The van der Waals surface area contributed by atoms with E-state index in [2.05, 4.69) is 22.2 Å². The third-order valence-corrected chi connectivity index (χ3v) is 3.90. The van der Waals surface area contributed by atoms with E-state index in [9.17, 15) is 0 Å². The molecular formula is C15H26N4O. The topological polar surface area (TPSA) is 73.1 Å². The Hall–Kier alpha value is -1.36. The van der Waals surface area contributed by atoms with Crippen LogP contribution in [0.15, 0.2) is 12.4 Å². The second kappa shape index (κ2) is 8.04. The van der Waals surface area contributed by atoms with Gasteiger partial charge in [0, 0.05) is 18.7 Å². The lowest BCUT2D eigenvalue weighted by Crippen LogP contribution is -2.37. The average molecular weight is 278 g/mol. The molecule has 5 heteroatoms.